The lowest BCUT2D eigenvalue weighted by molar-refractivity contribution is -0.137. The van der Waals surface area contributed by atoms with Crippen LogP contribution in [0, 0.1) is 5.82 Å². The van der Waals surface area contributed by atoms with Crippen molar-refractivity contribution in [3.05, 3.63) is 53.3 Å². The van der Waals surface area contributed by atoms with Gasteiger partial charge in [0.15, 0.2) is 11.4 Å². The standard InChI is InChI=1S/C21H21BF4N2O3/c1-19(2)20(3,4)31-22(30-19)14-7-5-12(16(23)10-14)11-27-18-15-9-13(21(24,25)26)6-8-17(15)29-28-18/h5-10H,11H2,1-4H3,(H,27,28). The van der Waals surface area contributed by atoms with E-state index in [-0.39, 0.29) is 23.3 Å². The van der Waals surface area contributed by atoms with Crippen LogP contribution in [0.1, 0.15) is 38.8 Å². The minimum absolute atomic E-state index is 0.00730. The largest absolute Gasteiger partial charge is 0.494 e. The Morgan fingerprint density at radius 1 is 1.00 bits per heavy atom. The van der Waals surface area contributed by atoms with Gasteiger partial charge in [-0.2, -0.15) is 13.2 Å². The van der Waals surface area contributed by atoms with E-state index in [1.165, 1.54) is 12.1 Å². The Morgan fingerprint density at radius 3 is 2.29 bits per heavy atom. The molecule has 0 bridgehead atoms. The van der Waals surface area contributed by atoms with Crippen molar-refractivity contribution in [2.75, 3.05) is 5.32 Å². The highest BCUT2D eigenvalue weighted by Crippen LogP contribution is 2.37. The molecule has 1 N–H and O–H groups in total. The number of anilines is 1. The van der Waals surface area contributed by atoms with Gasteiger partial charge in [0.25, 0.3) is 0 Å². The number of nitrogens with zero attached hydrogens (tertiary/aromatic N) is 1. The third-order valence-electron chi connectivity index (χ3n) is 5.85. The molecule has 1 saturated heterocycles. The fraction of sp³-hybridized carbons (Fsp3) is 0.381. The van der Waals surface area contributed by atoms with Crippen LogP contribution in [0.3, 0.4) is 0 Å². The second kappa shape index (κ2) is 7.24. The lowest BCUT2D eigenvalue weighted by Crippen LogP contribution is -2.41. The fourth-order valence-corrected chi connectivity index (χ4v) is 3.25. The molecular formula is C21H21BF4N2O3. The van der Waals surface area contributed by atoms with Gasteiger partial charge in [0, 0.05) is 12.1 Å². The third-order valence-corrected chi connectivity index (χ3v) is 5.85. The van der Waals surface area contributed by atoms with E-state index in [9.17, 15) is 17.6 Å². The van der Waals surface area contributed by atoms with E-state index in [1.807, 2.05) is 27.7 Å². The number of fused-ring (bicyclic) bond motifs is 1. The highest BCUT2D eigenvalue weighted by molar-refractivity contribution is 6.62. The van der Waals surface area contributed by atoms with Gasteiger partial charge in [0.05, 0.1) is 22.2 Å². The SMILES string of the molecule is CC1(C)OB(c2ccc(CNc3noc4ccc(C(F)(F)F)cc34)c(F)c2)OC1(C)C. The van der Waals surface area contributed by atoms with Gasteiger partial charge in [0.2, 0.25) is 0 Å². The van der Waals surface area contributed by atoms with Gasteiger partial charge in [0.1, 0.15) is 5.82 Å². The van der Waals surface area contributed by atoms with Crippen molar-refractivity contribution in [1.29, 1.82) is 0 Å². The van der Waals surface area contributed by atoms with Crippen LogP contribution in [-0.4, -0.2) is 23.5 Å². The van der Waals surface area contributed by atoms with Crippen molar-refractivity contribution in [2.24, 2.45) is 0 Å². The first kappa shape index (κ1) is 21.6. The third kappa shape index (κ3) is 4.01. The maximum atomic E-state index is 14.7. The normalized spacial score (nSPS) is 18.0. The first-order valence-electron chi connectivity index (χ1n) is 9.72. The first-order valence-corrected chi connectivity index (χ1v) is 9.72. The molecule has 0 saturated carbocycles. The molecule has 0 spiro atoms. The molecule has 10 heteroatoms. The predicted molar refractivity (Wildman–Crippen MR) is 108 cm³/mol. The fourth-order valence-electron chi connectivity index (χ4n) is 3.25. The summed E-state index contributed by atoms with van der Waals surface area (Å²) in [7, 11) is -0.693. The van der Waals surface area contributed by atoms with Crippen LogP contribution in [0.15, 0.2) is 40.9 Å². The van der Waals surface area contributed by atoms with E-state index in [0.717, 1.165) is 12.1 Å². The zero-order valence-electron chi connectivity index (χ0n) is 17.4. The van der Waals surface area contributed by atoms with Crippen LogP contribution in [0.5, 0.6) is 0 Å². The Hall–Kier alpha value is -2.59. The summed E-state index contributed by atoms with van der Waals surface area (Å²) < 4.78 is 70.6. The van der Waals surface area contributed by atoms with Gasteiger partial charge >= 0.3 is 13.3 Å². The lowest BCUT2D eigenvalue weighted by Gasteiger charge is -2.32. The molecule has 4 rings (SSSR count). The van der Waals surface area contributed by atoms with Crippen molar-refractivity contribution in [3.8, 4) is 0 Å². The molecule has 0 aliphatic carbocycles. The molecule has 0 radical (unpaired) electrons. The van der Waals surface area contributed by atoms with Crippen molar-refractivity contribution in [1.82, 2.24) is 5.16 Å². The molecule has 3 aromatic rings. The average Bonchev–Trinajstić information content (AvgIpc) is 3.16. The average molecular weight is 436 g/mol. The van der Waals surface area contributed by atoms with Crippen molar-refractivity contribution >= 4 is 29.4 Å². The summed E-state index contributed by atoms with van der Waals surface area (Å²) in [5.74, 6) is -0.390. The van der Waals surface area contributed by atoms with Crippen LogP contribution in [-0.2, 0) is 22.0 Å². The molecule has 164 valence electrons. The second-order valence-electron chi connectivity index (χ2n) is 8.53. The summed E-state index contributed by atoms with van der Waals surface area (Å²) in [5, 5.41) is 6.77. The van der Waals surface area contributed by atoms with E-state index in [4.69, 9.17) is 13.8 Å². The van der Waals surface area contributed by atoms with Crippen LogP contribution < -0.4 is 10.8 Å². The number of alkyl halides is 3. The van der Waals surface area contributed by atoms with Gasteiger partial charge in [-0.15, -0.1) is 0 Å². The smallest absolute Gasteiger partial charge is 0.399 e. The second-order valence-corrected chi connectivity index (χ2v) is 8.53. The Balaban J connectivity index is 1.51. The molecule has 1 fully saturated rings. The van der Waals surface area contributed by atoms with E-state index >= 15 is 0 Å². The molecule has 0 atom stereocenters. The van der Waals surface area contributed by atoms with E-state index < -0.39 is 35.9 Å². The Kier molecular flexibility index (Phi) is 5.05. The van der Waals surface area contributed by atoms with Crippen molar-refractivity contribution in [2.45, 2.75) is 51.6 Å². The zero-order chi connectivity index (χ0) is 22.6. The van der Waals surface area contributed by atoms with Gasteiger partial charge in [-0.25, -0.2) is 4.39 Å². The molecule has 31 heavy (non-hydrogen) atoms. The quantitative estimate of drug-likeness (QED) is 0.466. The highest BCUT2D eigenvalue weighted by Gasteiger charge is 2.51. The van der Waals surface area contributed by atoms with Crippen LogP contribution in [0.4, 0.5) is 23.4 Å². The summed E-state index contributed by atoms with van der Waals surface area (Å²) in [6.07, 6.45) is -4.49. The molecule has 2 aromatic carbocycles. The van der Waals surface area contributed by atoms with Gasteiger partial charge in [-0.3, -0.25) is 0 Å². The number of benzene rings is 2. The maximum absolute atomic E-state index is 14.7. The molecule has 1 aliphatic rings. The van der Waals surface area contributed by atoms with Gasteiger partial charge < -0.3 is 19.1 Å². The Morgan fingerprint density at radius 2 is 1.68 bits per heavy atom. The summed E-state index contributed by atoms with van der Waals surface area (Å²) in [4.78, 5) is 0. The molecule has 1 aliphatic heterocycles. The number of hydrogen-bond acceptors (Lipinski definition) is 5. The molecule has 2 heterocycles. The van der Waals surface area contributed by atoms with E-state index in [2.05, 4.69) is 10.5 Å². The predicted octanol–water partition coefficient (Wildman–Crippen LogP) is 4.90. The number of halogens is 4. The minimum Gasteiger partial charge on any atom is -0.399 e. The Bertz CT molecular complexity index is 1110. The number of nitrogens with one attached hydrogen (secondary N) is 1. The van der Waals surface area contributed by atoms with Crippen molar-refractivity contribution < 1.29 is 31.4 Å². The molecular weight excluding hydrogens is 415 g/mol. The molecule has 1 aromatic heterocycles. The van der Waals surface area contributed by atoms with E-state index in [1.54, 1.807) is 12.1 Å². The topological polar surface area (TPSA) is 56.5 Å². The monoisotopic (exact) mass is 436 g/mol. The summed E-state index contributed by atoms with van der Waals surface area (Å²) in [6.45, 7) is 7.65. The molecule has 0 unspecified atom stereocenters. The van der Waals surface area contributed by atoms with Crippen molar-refractivity contribution in [3.63, 3.8) is 0 Å². The van der Waals surface area contributed by atoms with E-state index in [0.29, 0.717) is 11.0 Å². The summed E-state index contributed by atoms with van der Waals surface area (Å²) in [6, 6.07) is 7.69. The van der Waals surface area contributed by atoms with Crippen LogP contribution in [0.25, 0.3) is 11.0 Å². The Labute approximate surface area is 176 Å². The minimum atomic E-state index is -4.49. The number of hydrogen-bond donors (Lipinski definition) is 1. The summed E-state index contributed by atoms with van der Waals surface area (Å²) in [5.41, 5.74) is -0.851. The van der Waals surface area contributed by atoms with Crippen LogP contribution >= 0.6 is 0 Å². The number of aromatic nitrogens is 1. The van der Waals surface area contributed by atoms with Gasteiger partial charge in [-0.05, 0) is 57.4 Å². The van der Waals surface area contributed by atoms with Crippen LogP contribution in [0.2, 0.25) is 0 Å². The zero-order valence-corrected chi connectivity index (χ0v) is 17.4. The summed E-state index contributed by atoms with van der Waals surface area (Å²) >= 11 is 0. The maximum Gasteiger partial charge on any atom is 0.494 e. The highest BCUT2D eigenvalue weighted by atomic mass is 19.4. The molecule has 5 nitrogen and oxygen atoms in total. The van der Waals surface area contributed by atoms with Gasteiger partial charge in [-0.1, -0.05) is 17.3 Å². The first-order chi connectivity index (χ1) is 14.4. The number of rotatable bonds is 4. The lowest BCUT2D eigenvalue weighted by atomic mass is 9.78. The molecule has 0 amide bonds.